The molecule has 1 aliphatic rings. The number of piperazine rings is 1. The van der Waals surface area contributed by atoms with Crippen LogP contribution in [0.4, 0.5) is 0 Å². The van der Waals surface area contributed by atoms with Crippen molar-refractivity contribution in [3.63, 3.8) is 0 Å². The summed E-state index contributed by atoms with van der Waals surface area (Å²) in [5.41, 5.74) is 2.99. The molecule has 2 aromatic heterocycles. The largest absolute Gasteiger partial charge is 0.343 e. The first kappa shape index (κ1) is 18.6. The minimum Gasteiger partial charge on any atom is -0.343 e. The van der Waals surface area contributed by atoms with Crippen LogP contribution < -0.4 is 0 Å². The van der Waals surface area contributed by atoms with Crippen LogP contribution in [0.15, 0.2) is 36.8 Å². The highest BCUT2D eigenvalue weighted by atomic mass is 16.2. The van der Waals surface area contributed by atoms with Gasteiger partial charge in [-0.15, -0.1) is 0 Å². The molecule has 3 heterocycles. The lowest BCUT2D eigenvalue weighted by Crippen LogP contribution is -2.49. The van der Waals surface area contributed by atoms with E-state index in [4.69, 9.17) is 0 Å². The minimum absolute atomic E-state index is 0.156. The number of rotatable bonds is 6. The van der Waals surface area contributed by atoms with Crippen molar-refractivity contribution in [2.24, 2.45) is 5.92 Å². The number of carbonyl (C=O) groups excluding carboxylic acids is 1. The van der Waals surface area contributed by atoms with Crippen LogP contribution in [-0.4, -0.2) is 58.0 Å². The second-order valence-corrected chi connectivity index (χ2v) is 7.53. The molecule has 0 saturated carbocycles. The van der Waals surface area contributed by atoms with Crippen molar-refractivity contribution >= 4 is 5.91 Å². The molecule has 0 spiro atoms. The molecule has 3 rings (SSSR count). The van der Waals surface area contributed by atoms with Crippen LogP contribution in [0, 0.1) is 5.92 Å². The Kier molecular flexibility index (Phi) is 6.09. The van der Waals surface area contributed by atoms with E-state index in [1.807, 2.05) is 23.1 Å². The van der Waals surface area contributed by atoms with E-state index in [0.717, 1.165) is 62.5 Å². The summed E-state index contributed by atoms with van der Waals surface area (Å²) in [4.78, 5) is 21.7. The third kappa shape index (κ3) is 4.33. The third-order valence-electron chi connectivity index (χ3n) is 4.88. The van der Waals surface area contributed by atoms with E-state index in [1.165, 1.54) is 0 Å². The van der Waals surface area contributed by atoms with Crippen LogP contribution in [0.1, 0.15) is 37.7 Å². The monoisotopic (exact) mass is 354 g/mol. The lowest BCUT2D eigenvalue weighted by Gasteiger charge is -2.35. The summed E-state index contributed by atoms with van der Waals surface area (Å²) in [6.07, 6.45) is 6.69. The van der Waals surface area contributed by atoms with Gasteiger partial charge in [0.25, 0.3) is 5.91 Å². The van der Waals surface area contributed by atoms with Crippen LogP contribution in [0.25, 0.3) is 11.1 Å². The summed E-state index contributed by atoms with van der Waals surface area (Å²) in [7, 11) is 0. The molecule has 5 nitrogen and oxygen atoms in total. The zero-order chi connectivity index (χ0) is 18.5. The molecule has 0 unspecified atom stereocenters. The average molecular weight is 354 g/mol. The van der Waals surface area contributed by atoms with Crippen molar-refractivity contribution in [1.29, 1.82) is 0 Å². The predicted octanol–water partition coefficient (Wildman–Crippen LogP) is 3.37. The quantitative estimate of drug-likeness (QED) is 0.799. The van der Waals surface area contributed by atoms with Crippen molar-refractivity contribution in [2.75, 3.05) is 32.7 Å². The van der Waals surface area contributed by atoms with Crippen LogP contribution >= 0.6 is 0 Å². The van der Waals surface area contributed by atoms with E-state index < -0.39 is 0 Å². The fourth-order valence-electron chi connectivity index (χ4n) is 3.63. The van der Waals surface area contributed by atoms with Gasteiger partial charge in [-0.3, -0.25) is 14.7 Å². The summed E-state index contributed by atoms with van der Waals surface area (Å²) >= 11 is 0. The molecule has 1 saturated heterocycles. The van der Waals surface area contributed by atoms with Gasteiger partial charge in [0.05, 0.1) is 0 Å². The Morgan fingerprint density at radius 2 is 1.81 bits per heavy atom. The fraction of sp³-hybridized carbons (Fsp3) is 0.524. The number of hydrogen-bond acceptors (Lipinski definition) is 3. The standard InChI is InChI=1S/C21H30N4O/c1-4-9-25-16-19(18-5-7-22-8-6-18)14-20(25)21(26)24-12-10-23(11-13-24)15-17(2)3/h5-8,14,16-17H,4,9-13,15H2,1-3H3. The number of aromatic nitrogens is 2. The Labute approximate surface area is 156 Å². The van der Waals surface area contributed by atoms with E-state index >= 15 is 0 Å². The first-order valence-corrected chi connectivity index (χ1v) is 9.70. The number of amides is 1. The van der Waals surface area contributed by atoms with Gasteiger partial charge in [-0.05, 0) is 36.1 Å². The third-order valence-corrected chi connectivity index (χ3v) is 4.88. The molecule has 0 radical (unpaired) electrons. The number of hydrogen-bond donors (Lipinski definition) is 0. The average Bonchev–Trinajstić information content (AvgIpc) is 3.06. The van der Waals surface area contributed by atoms with E-state index in [0.29, 0.717) is 5.92 Å². The second-order valence-electron chi connectivity index (χ2n) is 7.53. The zero-order valence-corrected chi connectivity index (χ0v) is 16.2. The second kappa shape index (κ2) is 8.49. The Bertz CT molecular complexity index is 715. The van der Waals surface area contributed by atoms with Crippen molar-refractivity contribution in [3.8, 4) is 11.1 Å². The van der Waals surface area contributed by atoms with Gasteiger partial charge in [-0.1, -0.05) is 20.8 Å². The molecular formula is C21H30N4O. The van der Waals surface area contributed by atoms with E-state index in [2.05, 4.69) is 41.4 Å². The summed E-state index contributed by atoms with van der Waals surface area (Å²) in [5.74, 6) is 0.824. The molecule has 0 aliphatic carbocycles. The number of carbonyl (C=O) groups is 1. The van der Waals surface area contributed by atoms with Crippen LogP contribution in [0.2, 0.25) is 0 Å². The number of aryl methyl sites for hydroxylation is 1. The van der Waals surface area contributed by atoms with E-state index in [-0.39, 0.29) is 5.91 Å². The SMILES string of the molecule is CCCn1cc(-c2ccncc2)cc1C(=O)N1CCN(CC(C)C)CC1. The molecule has 0 N–H and O–H groups in total. The van der Waals surface area contributed by atoms with Crippen LogP contribution in [0.3, 0.4) is 0 Å². The molecule has 0 atom stereocenters. The molecule has 1 fully saturated rings. The summed E-state index contributed by atoms with van der Waals surface area (Å²) in [6.45, 7) is 12.2. The molecule has 5 heteroatoms. The first-order valence-electron chi connectivity index (χ1n) is 9.70. The molecule has 2 aromatic rings. The van der Waals surface area contributed by atoms with Gasteiger partial charge >= 0.3 is 0 Å². The van der Waals surface area contributed by atoms with Crippen LogP contribution in [-0.2, 0) is 6.54 Å². The molecule has 0 bridgehead atoms. The molecule has 26 heavy (non-hydrogen) atoms. The number of pyridine rings is 1. The smallest absolute Gasteiger partial charge is 0.270 e. The highest BCUT2D eigenvalue weighted by Gasteiger charge is 2.25. The molecule has 1 aliphatic heterocycles. The van der Waals surface area contributed by atoms with Gasteiger partial charge in [-0.2, -0.15) is 0 Å². The van der Waals surface area contributed by atoms with Gasteiger partial charge in [0.15, 0.2) is 0 Å². The van der Waals surface area contributed by atoms with E-state index in [9.17, 15) is 4.79 Å². The van der Waals surface area contributed by atoms with Gasteiger partial charge in [0.2, 0.25) is 0 Å². The molecule has 0 aromatic carbocycles. The first-order chi connectivity index (χ1) is 12.6. The van der Waals surface area contributed by atoms with Gasteiger partial charge < -0.3 is 9.47 Å². The summed E-state index contributed by atoms with van der Waals surface area (Å²) in [5, 5.41) is 0. The Morgan fingerprint density at radius 1 is 1.12 bits per heavy atom. The Morgan fingerprint density at radius 3 is 2.42 bits per heavy atom. The van der Waals surface area contributed by atoms with Gasteiger partial charge in [0.1, 0.15) is 5.69 Å². The molecule has 140 valence electrons. The van der Waals surface area contributed by atoms with E-state index in [1.54, 1.807) is 12.4 Å². The number of nitrogens with zero attached hydrogens (tertiary/aromatic N) is 4. The zero-order valence-electron chi connectivity index (χ0n) is 16.2. The van der Waals surface area contributed by atoms with Crippen molar-refractivity contribution in [3.05, 3.63) is 42.5 Å². The Hall–Kier alpha value is -2.14. The van der Waals surface area contributed by atoms with Gasteiger partial charge in [-0.25, -0.2) is 0 Å². The maximum Gasteiger partial charge on any atom is 0.270 e. The lowest BCUT2D eigenvalue weighted by atomic mass is 10.1. The fourth-order valence-corrected chi connectivity index (χ4v) is 3.63. The highest BCUT2D eigenvalue weighted by Crippen LogP contribution is 2.23. The van der Waals surface area contributed by atoms with Crippen LogP contribution in [0.5, 0.6) is 0 Å². The van der Waals surface area contributed by atoms with Crippen molar-refractivity contribution < 1.29 is 4.79 Å². The minimum atomic E-state index is 0.156. The lowest BCUT2D eigenvalue weighted by molar-refractivity contribution is 0.0613. The normalized spacial score (nSPS) is 15.6. The topological polar surface area (TPSA) is 41.4 Å². The highest BCUT2D eigenvalue weighted by molar-refractivity contribution is 5.94. The van der Waals surface area contributed by atoms with Crippen molar-refractivity contribution in [2.45, 2.75) is 33.7 Å². The van der Waals surface area contributed by atoms with Gasteiger partial charge in [0, 0.05) is 63.4 Å². The Balaban J connectivity index is 1.75. The maximum atomic E-state index is 13.1. The van der Waals surface area contributed by atoms with Crippen molar-refractivity contribution in [1.82, 2.24) is 19.4 Å². The maximum absolute atomic E-state index is 13.1. The molecular weight excluding hydrogens is 324 g/mol. The predicted molar refractivity (Wildman–Crippen MR) is 105 cm³/mol. The molecule has 1 amide bonds. The summed E-state index contributed by atoms with van der Waals surface area (Å²) < 4.78 is 2.11. The summed E-state index contributed by atoms with van der Waals surface area (Å²) in [6, 6.07) is 6.02.